The zero-order chi connectivity index (χ0) is 11.2. The fourth-order valence-corrected chi connectivity index (χ4v) is 3.11. The van der Waals surface area contributed by atoms with Gasteiger partial charge in [0.1, 0.15) is 0 Å². The molecule has 0 spiro atoms. The smallest absolute Gasteiger partial charge is 0.0963 e. The first-order valence-electron chi connectivity index (χ1n) is 5.97. The van der Waals surface area contributed by atoms with Gasteiger partial charge in [0.05, 0.1) is 17.8 Å². The van der Waals surface area contributed by atoms with E-state index in [0.29, 0.717) is 0 Å². The van der Waals surface area contributed by atoms with E-state index in [1.165, 1.54) is 0 Å². The lowest BCUT2D eigenvalue weighted by Crippen LogP contribution is -2.39. The number of hydrogen-bond acceptors (Lipinski definition) is 3. The van der Waals surface area contributed by atoms with Crippen molar-refractivity contribution in [2.45, 2.75) is 50.4 Å². The first-order valence-corrected chi connectivity index (χ1v) is 5.97. The van der Waals surface area contributed by atoms with Gasteiger partial charge in [-0.3, -0.25) is 4.98 Å². The number of hydrogen-bond donors (Lipinski definition) is 1. The Morgan fingerprint density at radius 1 is 1.38 bits per heavy atom. The molecular weight excluding hydrogens is 202 g/mol. The van der Waals surface area contributed by atoms with Gasteiger partial charge < -0.3 is 9.84 Å². The number of pyridine rings is 1. The molecule has 3 heterocycles. The van der Waals surface area contributed by atoms with Crippen molar-refractivity contribution in [1.29, 1.82) is 0 Å². The Morgan fingerprint density at radius 3 is 2.69 bits per heavy atom. The van der Waals surface area contributed by atoms with Crippen LogP contribution in [0.15, 0.2) is 18.3 Å². The van der Waals surface area contributed by atoms with Crippen molar-refractivity contribution in [2.24, 2.45) is 0 Å². The van der Waals surface area contributed by atoms with Crippen molar-refractivity contribution in [1.82, 2.24) is 4.98 Å². The molecule has 2 unspecified atom stereocenters. The minimum Gasteiger partial charge on any atom is -0.385 e. The van der Waals surface area contributed by atoms with Gasteiger partial charge in [-0.1, -0.05) is 6.07 Å². The van der Waals surface area contributed by atoms with Crippen LogP contribution >= 0.6 is 0 Å². The van der Waals surface area contributed by atoms with Crippen LogP contribution in [-0.4, -0.2) is 22.3 Å². The zero-order valence-corrected chi connectivity index (χ0v) is 9.52. The van der Waals surface area contributed by atoms with Crippen molar-refractivity contribution in [3.63, 3.8) is 0 Å². The van der Waals surface area contributed by atoms with E-state index in [-0.39, 0.29) is 12.2 Å². The second-order valence-corrected chi connectivity index (χ2v) is 5.03. The monoisotopic (exact) mass is 219 g/mol. The molecule has 0 amide bonds. The fourth-order valence-electron chi connectivity index (χ4n) is 3.11. The highest BCUT2D eigenvalue weighted by Crippen LogP contribution is 2.44. The van der Waals surface area contributed by atoms with Crippen LogP contribution < -0.4 is 0 Å². The molecule has 2 aliphatic rings. The molecule has 3 nitrogen and oxygen atoms in total. The van der Waals surface area contributed by atoms with Crippen LogP contribution in [0.3, 0.4) is 0 Å². The Balaban J connectivity index is 1.96. The number of nitrogens with zero attached hydrogens (tertiary/aromatic N) is 1. The fraction of sp³-hybridized carbons (Fsp3) is 0.615. The van der Waals surface area contributed by atoms with Gasteiger partial charge in [-0.15, -0.1) is 0 Å². The van der Waals surface area contributed by atoms with Crippen LogP contribution in [0.25, 0.3) is 0 Å². The van der Waals surface area contributed by atoms with Crippen LogP contribution in [0.4, 0.5) is 0 Å². The molecule has 2 saturated heterocycles. The molecule has 0 aliphatic carbocycles. The second-order valence-electron chi connectivity index (χ2n) is 5.03. The maximum Gasteiger partial charge on any atom is 0.0963 e. The van der Waals surface area contributed by atoms with Gasteiger partial charge in [0.2, 0.25) is 0 Å². The van der Waals surface area contributed by atoms with Gasteiger partial charge >= 0.3 is 0 Å². The van der Waals surface area contributed by atoms with E-state index in [0.717, 1.165) is 36.9 Å². The molecule has 3 rings (SSSR count). The molecular formula is C13H17NO2. The molecule has 2 fully saturated rings. The Hall–Kier alpha value is -0.930. The third kappa shape index (κ3) is 1.55. The van der Waals surface area contributed by atoms with E-state index in [9.17, 15) is 5.11 Å². The highest BCUT2D eigenvalue weighted by molar-refractivity contribution is 5.27. The highest BCUT2D eigenvalue weighted by Gasteiger charge is 2.45. The molecule has 0 radical (unpaired) electrons. The van der Waals surface area contributed by atoms with E-state index >= 15 is 0 Å². The summed E-state index contributed by atoms with van der Waals surface area (Å²) in [5, 5.41) is 10.8. The summed E-state index contributed by atoms with van der Waals surface area (Å²) in [6, 6.07) is 3.89. The topological polar surface area (TPSA) is 42.4 Å². The van der Waals surface area contributed by atoms with Crippen LogP contribution in [0.1, 0.15) is 36.9 Å². The number of aromatic nitrogens is 1. The molecule has 2 bridgehead atoms. The normalized spacial score (nSPS) is 37.6. The summed E-state index contributed by atoms with van der Waals surface area (Å²) in [6.07, 6.45) is 5.87. The number of rotatable bonds is 1. The maximum absolute atomic E-state index is 10.8. The van der Waals surface area contributed by atoms with E-state index in [1.54, 1.807) is 6.20 Å². The van der Waals surface area contributed by atoms with Crippen LogP contribution in [-0.2, 0) is 10.3 Å². The number of aryl methyl sites for hydroxylation is 1. The molecule has 86 valence electrons. The van der Waals surface area contributed by atoms with Crippen LogP contribution in [0.2, 0.25) is 0 Å². The minimum atomic E-state index is -0.720. The van der Waals surface area contributed by atoms with Crippen molar-refractivity contribution in [3.8, 4) is 0 Å². The van der Waals surface area contributed by atoms with Crippen molar-refractivity contribution < 1.29 is 9.84 Å². The Morgan fingerprint density at radius 2 is 2.06 bits per heavy atom. The average molecular weight is 219 g/mol. The van der Waals surface area contributed by atoms with E-state index < -0.39 is 5.60 Å². The standard InChI is InChI=1S/C13H17NO2/c1-9-12(3-2-6-14-9)13(15)7-10-4-5-11(8-13)16-10/h2-3,6,10-11,15H,4-5,7-8H2,1H3. The van der Waals surface area contributed by atoms with Crippen LogP contribution in [0, 0.1) is 6.92 Å². The molecule has 2 atom stereocenters. The summed E-state index contributed by atoms with van der Waals surface area (Å²) in [7, 11) is 0. The van der Waals surface area contributed by atoms with Crippen LogP contribution in [0.5, 0.6) is 0 Å². The van der Waals surface area contributed by atoms with Gasteiger partial charge in [-0.25, -0.2) is 0 Å². The largest absolute Gasteiger partial charge is 0.385 e. The number of ether oxygens (including phenoxy) is 1. The average Bonchev–Trinajstić information content (AvgIpc) is 2.59. The predicted octanol–water partition coefficient (Wildman–Crippen LogP) is 1.92. The van der Waals surface area contributed by atoms with Crippen molar-refractivity contribution in [2.75, 3.05) is 0 Å². The first kappa shape index (κ1) is 10.2. The van der Waals surface area contributed by atoms with E-state index in [4.69, 9.17) is 4.74 Å². The van der Waals surface area contributed by atoms with E-state index in [1.807, 2.05) is 19.1 Å². The third-order valence-electron chi connectivity index (χ3n) is 3.83. The summed E-state index contributed by atoms with van der Waals surface area (Å²) in [4.78, 5) is 4.27. The van der Waals surface area contributed by atoms with Gasteiger partial charge in [-0.05, 0) is 25.8 Å². The van der Waals surface area contributed by atoms with Crippen molar-refractivity contribution in [3.05, 3.63) is 29.6 Å². The summed E-state index contributed by atoms with van der Waals surface area (Å²) < 4.78 is 5.77. The minimum absolute atomic E-state index is 0.239. The molecule has 16 heavy (non-hydrogen) atoms. The molecule has 0 saturated carbocycles. The van der Waals surface area contributed by atoms with Crippen molar-refractivity contribution >= 4 is 0 Å². The molecule has 1 aromatic heterocycles. The highest BCUT2D eigenvalue weighted by atomic mass is 16.5. The Labute approximate surface area is 95.5 Å². The quantitative estimate of drug-likeness (QED) is 0.784. The third-order valence-corrected chi connectivity index (χ3v) is 3.83. The molecule has 1 N–H and O–H groups in total. The lowest BCUT2D eigenvalue weighted by atomic mass is 9.83. The molecule has 0 aromatic carbocycles. The van der Waals surface area contributed by atoms with Gasteiger partial charge in [0.15, 0.2) is 0 Å². The Kier molecular flexibility index (Phi) is 2.26. The SMILES string of the molecule is Cc1ncccc1C1(O)CC2CCC(C1)O2. The zero-order valence-electron chi connectivity index (χ0n) is 9.52. The number of aliphatic hydroxyl groups is 1. The van der Waals surface area contributed by atoms with Gasteiger partial charge in [-0.2, -0.15) is 0 Å². The maximum atomic E-state index is 10.8. The number of fused-ring (bicyclic) bond motifs is 2. The molecule has 1 aromatic rings. The van der Waals surface area contributed by atoms with E-state index in [2.05, 4.69) is 4.98 Å². The van der Waals surface area contributed by atoms with Gasteiger partial charge in [0, 0.05) is 30.3 Å². The predicted molar refractivity (Wildman–Crippen MR) is 60.0 cm³/mol. The lowest BCUT2D eigenvalue weighted by Gasteiger charge is -2.37. The summed E-state index contributed by atoms with van der Waals surface area (Å²) >= 11 is 0. The summed E-state index contributed by atoms with van der Waals surface area (Å²) in [6.45, 7) is 1.96. The summed E-state index contributed by atoms with van der Waals surface area (Å²) in [5.74, 6) is 0. The molecule has 3 heteroatoms. The first-order chi connectivity index (χ1) is 7.67. The Bertz CT molecular complexity index is 393. The second kappa shape index (κ2) is 3.54. The lowest BCUT2D eigenvalue weighted by molar-refractivity contribution is -0.116. The summed E-state index contributed by atoms with van der Waals surface area (Å²) in [5.41, 5.74) is 1.20. The molecule has 2 aliphatic heterocycles. The van der Waals surface area contributed by atoms with Gasteiger partial charge in [0.25, 0.3) is 0 Å².